The number of rotatable bonds is 6. The first kappa shape index (κ1) is 22.5. The lowest BCUT2D eigenvalue weighted by atomic mass is 10.1. The van der Waals surface area contributed by atoms with E-state index in [1.54, 1.807) is 13.0 Å². The van der Waals surface area contributed by atoms with E-state index in [9.17, 15) is 9.59 Å². The topological polar surface area (TPSA) is 68.3 Å². The number of hydrogen-bond donors (Lipinski definition) is 1. The van der Waals surface area contributed by atoms with Crippen LogP contribution in [0.3, 0.4) is 0 Å². The maximum atomic E-state index is 13.5. The smallest absolute Gasteiger partial charge is 0.341 e. The van der Waals surface area contributed by atoms with E-state index in [2.05, 4.69) is 5.32 Å². The van der Waals surface area contributed by atoms with Gasteiger partial charge in [0.15, 0.2) is 0 Å². The van der Waals surface area contributed by atoms with Crippen LogP contribution in [0.4, 0.5) is 5.00 Å². The molecule has 0 unspecified atom stereocenters. The highest BCUT2D eigenvalue weighted by Crippen LogP contribution is 2.36. The van der Waals surface area contributed by atoms with Crippen molar-refractivity contribution in [2.75, 3.05) is 11.9 Å². The molecule has 1 amide bonds. The van der Waals surface area contributed by atoms with Gasteiger partial charge in [-0.3, -0.25) is 4.79 Å². The van der Waals surface area contributed by atoms with Crippen molar-refractivity contribution in [3.63, 3.8) is 0 Å². The highest BCUT2D eigenvalue weighted by Gasteiger charge is 2.24. The molecular formula is C24H21ClN2O3S2. The van der Waals surface area contributed by atoms with Crippen molar-refractivity contribution >= 4 is 62.1 Å². The van der Waals surface area contributed by atoms with Crippen molar-refractivity contribution in [3.05, 3.63) is 68.4 Å². The van der Waals surface area contributed by atoms with Crippen LogP contribution in [0.15, 0.2) is 42.5 Å². The number of ether oxygens (including phenoxy) is 1. The van der Waals surface area contributed by atoms with Crippen LogP contribution in [0.25, 0.3) is 21.5 Å². The van der Waals surface area contributed by atoms with Gasteiger partial charge in [0, 0.05) is 10.3 Å². The number of halogens is 1. The SMILES string of the molecule is CCOC(=O)c1c(NC(=O)c2cc(-c3ccc(Cl)s3)nc3ccccc23)sc(C)c1CC. The number of nitrogens with zero attached hydrogens (tertiary/aromatic N) is 1. The molecule has 0 fully saturated rings. The molecule has 5 nitrogen and oxygen atoms in total. The van der Waals surface area contributed by atoms with Crippen molar-refractivity contribution < 1.29 is 14.3 Å². The fourth-order valence-electron chi connectivity index (χ4n) is 3.62. The van der Waals surface area contributed by atoms with Gasteiger partial charge in [-0.25, -0.2) is 9.78 Å². The molecule has 164 valence electrons. The number of pyridine rings is 1. The molecule has 1 aromatic carbocycles. The van der Waals surface area contributed by atoms with E-state index >= 15 is 0 Å². The standard InChI is InChI=1S/C24H21ClN2O3S2/c1-4-14-13(3)31-23(21(14)24(29)30-5-2)27-22(28)16-12-18(19-10-11-20(25)32-19)26-17-9-7-6-8-15(16)17/h6-12H,4-5H2,1-3H3,(H,27,28). The Morgan fingerprint density at radius 3 is 2.59 bits per heavy atom. The average molecular weight is 485 g/mol. The molecule has 0 atom stereocenters. The van der Waals surface area contributed by atoms with Crippen LogP contribution in [0.2, 0.25) is 4.34 Å². The summed E-state index contributed by atoms with van der Waals surface area (Å²) < 4.78 is 5.91. The molecule has 8 heteroatoms. The zero-order chi connectivity index (χ0) is 22.8. The van der Waals surface area contributed by atoms with Gasteiger partial charge in [-0.1, -0.05) is 36.7 Å². The van der Waals surface area contributed by atoms with Crippen molar-refractivity contribution in [3.8, 4) is 10.6 Å². The number of anilines is 1. The van der Waals surface area contributed by atoms with Crippen molar-refractivity contribution in [2.45, 2.75) is 27.2 Å². The molecular weight excluding hydrogens is 464 g/mol. The number of thiophene rings is 2. The first-order chi connectivity index (χ1) is 15.4. The third kappa shape index (κ3) is 4.28. The average Bonchev–Trinajstić information content (AvgIpc) is 3.35. The fourth-order valence-corrected chi connectivity index (χ4v) is 5.76. The van der Waals surface area contributed by atoms with Crippen LogP contribution < -0.4 is 5.32 Å². The van der Waals surface area contributed by atoms with E-state index < -0.39 is 5.97 Å². The molecule has 4 aromatic rings. The lowest BCUT2D eigenvalue weighted by molar-refractivity contribution is 0.0527. The zero-order valence-corrected chi connectivity index (χ0v) is 20.2. The van der Waals surface area contributed by atoms with E-state index in [4.69, 9.17) is 21.3 Å². The molecule has 3 aromatic heterocycles. The van der Waals surface area contributed by atoms with Gasteiger partial charge in [0.05, 0.1) is 38.2 Å². The lowest BCUT2D eigenvalue weighted by Crippen LogP contribution is -2.16. The molecule has 0 radical (unpaired) electrons. The molecule has 4 rings (SSSR count). The van der Waals surface area contributed by atoms with E-state index in [0.29, 0.717) is 38.1 Å². The molecule has 0 saturated carbocycles. The molecule has 1 N–H and O–H groups in total. The fraction of sp³-hybridized carbons (Fsp3) is 0.208. The Balaban J connectivity index is 1.79. The minimum atomic E-state index is -0.419. The van der Waals surface area contributed by atoms with Crippen molar-refractivity contribution in [2.24, 2.45) is 0 Å². The highest BCUT2D eigenvalue weighted by molar-refractivity contribution is 7.19. The molecule has 0 aliphatic carbocycles. The molecule has 0 saturated heterocycles. The van der Waals surface area contributed by atoms with Crippen molar-refractivity contribution in [1.82, 2.24) is 4.98 Å². The van der Waals surface area contributed by atoms with Gasteiger partial charge in [0.2, 0.25) is 0 Å². The van der Waals surface area contributed by atoms with Gasteiger partial charge in [-0.2, -0.15) is 0 Å². The number of nitrogens with one attached hydrogen (secondary N) is 1. The third-order valence-corrected chi connectivity index (χ3v) is 7.37. The predicted octanol–water partition coefficient (Wildman–Crippen LogP) is 6.98. The number of carbonyl (C=O) groups is 2. The Kier molecular flexibility index (Phi) is 6.60. The van der Waals surface area contributed by atoms with Crippen LogP contribution in [0.1, 0.15) is 45.0 Å². The molecule has 32 heavy (non-hydrogen) atoms. The summed E-state index contributed by atoms with van der Waals surface area (Å²) in [6.07, 6.45) is 0.674. The maximum Gasteiger partial charge on any atom is 0.341 e. The normalized spacial score (nSPS) is 11.0. The Hall–Kier alpha value is -2.74. The number of hydrogen-bond acceptors (Lipinski definition) is 6. The number of carbonyl (C=O) groups excluding carboxylic acids is 2. The van der Waals surface area contributed by atoms with Gasteiger partial charge in [-0.05, 0) is 50.1 Å². The van der Waals surface area contributed by atoms with Gasteiger partial charge in [0.1, 0.15) is 5.00 Å². The summed E-state index contributed by atoms with van der Waals surface area (Å²) in [4.78, 5) is 32.7. The summed E-state index contributed by atoms with van der Waals surface area (Å²) in [7, 11) is 0. The number of aryl methyl sites for hydroxylation is 1. The highest BCUT2D eigenvalue weighted by atomic mass is 35.5. The molecule has 3 heterocycles. The predicted molar refractivity (Wildman–Crippen MR) is 132 cm³/mol. The first-order valence-corrected chi connectivity index (χ1v) is 12.2. The molecule has 0 bridgehead atoms. The molecule has 0 aliphatic heterocycles. The largest absolute Gasteiger partial charge is 0.462 e. The van der Waals surface area contributed by atoms with Crippen molar-refractivity contribution in [1.29, 1.82) is 0 Å². The van der Waals surface area contributed by atoms with Gasteiger partial charge in [0.25, 0.3) is 5.91 Å². The second-order valence-corrected chi connectivity index (χ2v) is 9.98. The van der Waals surface area contributed by atoms with Crippen LogP contribution in [-0.4, -0.2) is 23.5 Å². The Bertz CT molecular complexity index is 1330. The number of aromatic nitrogens is 1. The Labute approximate surface area is 199 Å². The zero-order valence-electron chi connectivity index (χ0n) is 17.8. The number of fused-ring (bicyclic) bond motifs is 1. The summed E-state index contributed by atoms with van der Waals surface area (Å²) in [6, 6.07) is 13.0. The quantitative estimate of drug-likeness (QED) is 0.300. The maximum absolute atomic E-state index is 13.5. The van der Waals surface area contributed by atoms with Crippen LogP contribution >= 0.6 is 34.3 Å². The summed E-state index contributed by atoms with van der Waals surface area (Å²) in [5, 5.41) is 4.20. The van der Waals surface area contributed by atoms with Gasteiger partial charge >= 0.3 is 5.97 Å². The number of benzene rings is 1. The Morgan fingerprint density at radius 1 is 1.12 bits per heavy atom. The number of esters is 1. The lowest BCUT2D eigenvalue weighted by Gasteiger charge is -2.11. The van der Waals surface area contributed by atoms with E-state index in [1.165, 1.54) is 22.7 Å². The van der Waals surface area contributed by atoms with E-state index in [-0.39, 0.29) is 12.5 Å². The molecule has 0 spiro atoms. The van der Waals surface area contributed by atoms with Crippen LogP contribution in [0.5, 0.6) is 0 Å². The first-order valence-electron chi connectivity index (χ1n) is 10.2. The summed E-state index contributed by atoms with van der Waals surface area (Å²) >= 11 is 8.91. The summed E-state index contributed by atoms with van der Waals surface area (Å²) in [6.45, 7) is 5.97. The second-order valence-electron chi connectivity index (χ2n) is 7.05. The number of para-hydroxylation sites is 1. The van der Waals surface area contributed by atoms with Gasteiger partial charge in [-0.15, -0.1) is 22.7 Å². The van der Waals surface area contributed by atoms with E-state index in [1.807, 2.05) is 50.2 Å². The minimum Gasteiger partial charge on any atom is -0.462 e. The Morgan fingerprint density at radius 2 is 1.91 bits per heavy atom. The monoisotopic (exact) mass is 484 g/mol. The second kappa shape index (κ2) is 9.40. The summed E-state index contributed by atoms with van der Waals surface area (Å²) in [5.41, 5.74) is 3.20. The van der Waals surface area contributed by atoms with Crippen LogP contribution in [0, 0.1) is 6.92 Å². The summed E-state index contributed by atoms with van der Waals surface area (Å²) in [5.74, 6) is -0.723. The van der Waals surface area contributed by atoms with Gasteiger partial charge < -0.3 is 10.1 Å². The number of amides is 1. The molecule has 0 aliphatic rings. The van der Waals surface area contributed by atoms with Crippen LogP contribution in [-0.2, 0) is 11.2 Å². The minimum absolute atomic E-state index is 0.270. The van der Waals surface area contributed by atoms with E-state index in [0.717, 1.165) is 20.7 Å². The third-order valence-electron chi connectivity index (χ3n) is 5.06.